The quantitative estimate of drug-likeness (QED) is 0.604. The molecule has 9 heteroatoms. The molecule has 0 atom stereocenters. The van der Waals surface area contributed by atoms with E-state index >= 15 is 0 Å². The Bertz CT molecular complexity index is 1250. The number of fused-ring (bicyclic) bond motifs is 3. The standard InChI is InChI=1S/C23H25FN6O2/c1-25-23(32)17-5-6-19(21(24)27-17)30-9-7-29(8-10-30)13-14-11-18-20(26-12-14)15-3-2-4-16(15)22(31)28-18/h5-6,11-12H,2-4,7-10,13H2,1H3,(H,25,32)(H,28,31). The van der Waals surface area contributed by atoms with Crippen molar-refractivity contribution >= 4 is 22.6 Å². The summed E-state index contributed by atoms with van der Waals surface area (Å²) in [5.74, 6) is -1.04. The topological polar surface area (TPSA) is 94.2 Å². The van der Waals surface area contributed by atoms with E-state index in [9.17, 15) is 14.0 Å². The van der Waals surface area contributed by atoms with Gasteiger partial charge in [0.15, 0.2) is 0 Å². The first kappa shape index (κ1) is 20.6. The Morgan fingerprint density at radius 1 is 1.19 bits per heavy atom. The van der Waals surface area contributed by atoms with Gasteiger partial charge >= 0.3 is 0 Å². The van der Waals surface area contributed by atoms with Crippen LogP contribution in [0.5, 0.6) is 0 Å². The lowest BCUT2D eigenvalue weighted by Gasteiger charge is -2.36. The number of nitrogens with zero attached hydrogens (tertiary/aromatic N) is 4. The summed E-state index contributed by atoms with van der Waals surface area (Å²) >= 11 is 0. The Labute approximate surface area is 184 Å². The van der Waals surface area contributed by atoms with E-state index in [1.807, 2.05) is 17.2 Å². The molecule has 1 fully saturated rings. The summed E-state index contributed by atoms with van der Waals surface area (Å²) in [5.41, 5.74) is 5.24. The van der Waals surface area contributed by atoms with Crippen LogP contribution in [0.1, 0.15) is 33.6 Å². The van der Waals surface area contributed by atoms with Gasteiger partial charge in [0.1, 0.15) is 5.69 Å². The van der Waals surface area contributed by atoms with E-state index in [0.29, 0.717) is 25.3 Å². The highest BCUT2D eigenvalue weighted by Gasteiger charge is 2.22. The monoisotopic (exact) mass is 436 g/mol. The molecule has 3 aromatic heterocycles. The molecule has 8 nitrogen and oxygen atoms in total. The number of nitrogens with one attached hydrogen (secondary N) is 2. The van der Waals surface area contributed by atoms with Crippen molar-refractivity contribution in [1.82, 2.24) is 25.2 Å². The maximum Gasteiger partial charge on any atom is 0.269 e. The molecule has 0 saturated carbocycles. The van der Waals surface area contributed by atoms with Crippen LogP contribution in [0.3, 0.4) is 0 Å². The first-order valence-electron chi connectivity index (χ1n) is 10.9. The third kappa shape index (κ3) is 3.73. The van der Waals surface area contributed by atoms with Crippen molar-refractivity contribution in [3.8, 4) is 0 Å². The number of rotatable bonds is 4. The van der Waals surface area contributed by atoms with E-state index < -0.39 is 11.9 Å². The summed E-state index contributed by atoms with van der Waals surface area (Å²) in [5, 5.41) is 2.45. The molecule has 166 valence electrons. The van der Waals surface area contributed by atoms with E-state index in [1.54, 1.807) is 12.1 Å². The van der Waals surface area contributed by atoms with Crippen molar-refractivity contribution in [2.75, 3.05) is 38.1 Å². The highest BCUT2D eigenvalue weighted by Crippen LogP contribution is 2.26. The summed E-state index contributed by atoms with van der Waals surface area (Å²) in [6.07, 6.45) is 4.65. The summed E-state index contributed by atoms with van der Waals surface area (Å²) in [7, 11) is 1.49. The van der Waals surface area contributed by atoms with E-state index in [0.717, 1.165) is 60.1 Å². The molecular formula is C23H25FN6O2. The number of hydrogen-bond acceptors (Lipinski definition) is 6. The van der Waals surface area contributed by atoms with Crippen LogP contribution in [0, 0.1) is 5.95 Å². The van der Waals surface area contributed by atoms with Crippen molar-refractivity contribution in [1.29, 1.82) is 0 Å². The minimum absolute atomic E-state index is 0.00985. The van der Waals surface area contributed by atoms with Crippen molar-refractivity contribution in [3.05, 3.63) is 63.1 Å². The Hall–Kier alpha value is -3.33. The van der Waals surface area contributed by atoms with Gasteiger partial charge in [-0.3, -0.25) is 19.5 Å². The van der Waals surface area contributed by atoms with Crippen LogP contribution in [0.2, 0.25) is 0 Å². The second-order valence-electron chi connectivity index (χ2n) is 8.35. The van der Waals surface area contributed by atoms with Gasteiger partial charge in [-0.2, -0.15) is 4.39 Å². The number of pyridine rings is 3. The molecule has 2 aliphatic rings. The predicted octanol–water partition coefficient (Wildman–Crippen LogP) is 1.63. The lowest BCUT2D eigenvalue weighted by atomic mass is 10.1. The fourth-order valence-corrected chi connectivity index (χ4v) is 4.71. The van der Waals surface area contributed by atoms with E-state index in [-0.39, 0.29) is 11.3 Å². The van der Waals surface area contributed by atoms with E-state index in [2.05, 4.69) is 25.2 Å². The second kappa shape index (κ2) is 8.31. The summed E-state index contributed by atoms with van der Waals surface area (Å²) in [6.45, 7) is 3.55. The van der Waals surface area contributed by atoms with Crippen LogP contribution in [0.15, 0.2) is 29.2 Å². The van der Waals surface area contributed by atoms with Gasteiger partial charge in [0.2, 0.25) is 5.95 Å². The van der Waals surface area contributed by atoms with Crippen LogP contribution < -0.4 is 15.8 Å². The molecule has 32 heavy (non-hydrogen) atoms. The largest absolute Gasteiger partial charge is 0.365 e. The molecule has 1 aliphatic heterocycles. The Morgan fingerprint density at radius 3 is 2.72 bits per heavy atom. The van der Waals surface area contributed by atoms with Crippen LogP contribution in [-0.4, -0.2) is 59.0 Å². The Balaban J connectivity index is 1.26. The maximum atomic E-state index is 14.5. The first-order valence-corrected chi connectivity index (χ1v) is 10.9. The number of aromatic nitrogens is 3. The zero-order valence-corrected chi connectivity index (χ0v) is 17.9. The molecule has 3 aromatic rings. The Morgan fingerprint density at radius 2 is 1.97 bits per heavy atom. The van der Waals surface area contributed by atoms with Gasteiger partial charge in [0.05, 0.1) is 16.7 Å². The fourth-order valence-electron chi connectivity index (χ4n) is 4.71. The number of hydrogen-bond donors (Lipinski definition) is 2. The summed E-state index contributed by atoms with van der Waals surface area (Å²) in [4.78, 5) is 39.7. The molecule has 0 unspecified atom stereocenters. The van der Waals surface area contributed by atoms with Crippen molar-refractivity contribution in [3.63, 3.8) is 0 Å². The molecule has 0 radical (unpaired) electrons. The molecule has 2 N–H and O–H groups in total. The van der Waals surface area contributed by atoms with Crippen molar-refractivity contribution in [2.24, 2.45) is 0 Å². The number of carbonyl (C=O) groups is 1. The molecule has 1 amide bonds. The van der Waals surface area contributed by atoms with Gasteiger partial charge in [-0.25, -0.2) is 4.98 Å². The van der Waals surface area contributed by atoms with Crippen LogP contribution in [0.25, 0.3) is 11.0 Å². The summed E-state index contributed by atoms with van der Waals surface area (Å²) < 4.78 is 14.5. The number of piperazine rings is 1. The van der Waals surface area contributed by atoms with Gasteiger partial charge in [-0.15, -0.1) is 0 Å². The molecule has 0 bridgehead atoms. The molecule has 4 heterocycles. The summed E-state index contributed by atoms with van der Waals surface area (Å²) in [6, 6.07) is 5.18. The fraction of sp³-hybridized carbons (Fsp3) is 0.391. The number of H-pyrrole nitrogens is 1. The van der Waals surface area contributed by atoms with Crippen LogP contribution in [-0.2, 0) is 19.4 Å². The van der Waals surface area contributed by atoms with Crippen molar-refractivity contribution in [2.45, 2.75) is 25.8 Å². The van der Waals surface area contributed by atoms with Gasteiger partial charge in [0, 0.05) is 51.5 Å². The van der Waals surface area contributed by atoms with Crippen LogP contribution >= 0.6 is 0 Å². The van der Waals surface area contributed by atoms with E-state index in [1.165, 1.54) is 7.05 Å². The third-order valence-corrected chi connectivity index (χ3v) is 6.38. The number of aryl methyl sites for hydroxylation is 1. The number of amides is 1. The molecule has 1 aliphatic carbocycles. The average Bonchev–Trinajstić information content (AvgIpc) is 3.30. The van der Waals surface area contributed by atoms with Crippen molar-refractivity contribution < 1.29 is 9.18 Å². The highest BCUT2D eigenvalue weighted by atomic mass is 19.1. The number of anilines is 1. The molecule has 0 aromatic carbocycles. The first-order chi connectivity index (χ1) is 15.5. The maximum absolute atomic E-state index is 14.5. The van der Waals surface area contributed by atoms with Gasteiger partial charge in [-0.05, 0) is 48.6 Å². The zero-order chi connectivity index (χ0) is 22.2. The number of carbonyl (C=O) groups excluding carboxylic acids is 1. The molecule has 1 saturated heterocycles. The van der Waals surface area contributed by atoms with E-state index in [4.69, 9.17) is 0 Å². The average molecular weight is 436 g/mol. The SMILES string of the molecule is CNC(=O)c1ccc(N2CCN(Cc3cnc4c5c(c(=O)[nH]c4c3)CCC5)CC2)c(F)n1. The lowest BCUT2D eigenvalue weighted by molar-refractivity contribution is 0.0957. The smallest absolute Gasteiger partial charge is 0.269 e. The lowest BCUT2D eigenvalue weighted by Crippen LogP contribution is -2.46. The normalized spacial score (nSPS) is 16.4. The minimum Gasteiger partial charge on any atom is -0.365 e. The minimum atomic E-state index is -0.630. The Kier molecular flexibility index (Phi) is 5.34. The molecular weight excluding hydrogens is 411 g/mol. The number of aromatic amines is 1. The van der Waals surface area contributed by atoms with Crippen LogP contribution in [0.4, 0.5) is 10.1 Å². The molecule has 0 spiro atoms. The number of halogens is 1. The predicted molar refractivity (Wildman–Crippen MR) is 119 cm³/mol. The van der Waals surface area contributed by atoms with Gasteiger partial charge < -0.3 is 15.2 Å². The van der Waals surface area contributed by atoms with Gasteiger partial charge in [0.25, 0.3) is 11.5 Å². The van der Waals surface area contributed by atoms with Gasteiger partial charge in [-0.1, -0.05) is 0 Å². The second-order valence-corrected chi connectivity index (χ2v) is 8.35. The third-order valence-electron chi connectivity index (χ3n) is 6.38. The molecule has 5 rings (SSSR count). The highest BCUT2D eigenvalue weighted by molar-refractivity contribution is 5.92. The zero-order valence-electron chi connectivity index (χ0n) is 17.9.